The number of amides is 1. The zero-order valence-corrected chi connectivity index (χ0v) is 33.1. The largest absolute Gasteiger partial charge is 0.490 e. The van der Waals surface area contributed by atoms with E-state index in [1.165, 1.54) is 17.3 Å². The summed E-state index contributed by atoms with van der Waals surface area (Å²) >= 11 is 0. The van der Waals surface area contributed by atoms with Crippen LogP contribution in [0.4, 0.5) is 4.79 Å². The Labute approximate surface area is 322 Å². The van der Waals surface area contributed by atoms with E-state index in [4.69, 9.17) is 14.2 Å². The van der Waals surface area contributed by atoms with Gasteiger partial charge < -0.3 is 34.4 Å². The molecule has 15 heteroatoms. The molecule has 0 radical (unpaired) electrons. The van der Waals surface area contributed by atoms with Gasteiger partial charge in [0.05, 0.1) is 37.2 Å². The summed E-state index contributed by atoms with van der Waals surface area (Å²) in [6, 6.07) is 27.4. The van der Waals surface area contributed by atoms with Crippen molar-refractivity contribution < 1.29 is 35.8 Å². The van der Waals surface area contributed by atoms with Crippen molar-refractivity contribution in [1.82, 2.24) is 20.2 Å². The molecule has 2 aromatic heterocycles. The van der Waals surface area contributed by atoms with Crippen LogP contribution in [0.1, 0.15) is 20.8 Å². The molecule has 0 fully saturated rings. The van der Waals surface area contributed by atoms with E-state index in [2.05, 4.69) is 15.3 Å². The second-order valence-corrected chi connectivity index (χ2v) is 16.8. The summed E-state index contributed by atoms with van der Waals surface area (Å²) in [5.74, 6) is 1.16. The molecule has 0 aliphatic rings. The third kappa shape index (κ3) is 9.74. The summed E-state index contributed by atoms with van der Waals surface area (Å²) in [5.41, 5.74) is 0.716. The number of para-hydroxylation sites is 2. The summed E-state index contributed by atoms with van der Waals surface area (Å²) in [4.78, 5) is 20.5. The maximum Gasteiger partial charge on any atom is 0.410 e. The molecular weight excluding hydrogens is 752 g/mol. The summed E-state index contributed by atoms with van der Waals surface area (Å²) in [6.07, 6.45) is 2.57. The van der Waals surface area contributed by atoms with Crippen molar-refractivity contribution >= 4 is 60.0 Å². The Morgan fingerprint density at radius 2 is 1.13 bits per heavy atom. The Kier molecular flexibility index (Phi) is 13.8. The fourth-order valence-corrected chi connectivity index (χ4v) is 8.21. The lowest BCUT2D eigenvalue weighted by molar-refractivity contribution is 0.0278. The highest BCUT2D eigenvalue weighted by Crippen LogP contribution is 2.34. The van der Waals surface area contributed by atoms with Gasteiger partial charge in [-0.1, -0.05) is 60.7 Å². The first-order valence-electron chi connectivity index (χ1n) is 16.9. The van der Waals surface area contributed by atoms with E-state index < -0.39 is 31.4 Å². The predicted octanol–water partition coefficient (Wildman–Crippen LogP) is 7.27. The third-order valence-corrected chi connectivity index (χ3v) is 11.6. The van der Waals surface area contributed by atoms with Gasteiger partial charge in [0.25, 0.3) is 0 Å². The number of fused-ring (bicyclic) bond motifs is 2. The molecule has 6 rings (SSSR count). The molecule has 0 saturated carbocycles. The van der Waals surface area contributed by atoms with Crippen molar-refractivity contribution in [2.45, 2.75) is 46.0 Å². The monoisotopic (exact) mass is 796 g/mol. The van der Waals surface area contributed by atoms with Crippen LogP contribution >= 0.6 is 12.4 Å². The number of carbonyl (C=O) groups excluding carboxylic acids is 1. The number of likely N-dealkylation sites (N-methyl/N-ethyl adjacent to an activating group) is 2. The van der Waals surface area contributed by atoms with Gasteiger partial charge in [0.2, 0.25) is 19.7 Å². The number of hydrogen-bond acceptors (Lipinski definition) is 9. The van der Waals surface area contributed by atoms with Crippen molar-refractivity contribution in [1.29, 1.82) is 0 Å². The fourth-order valence-electron chi connectivity index (χ4n) is 5.33. The lowest BCUT2D eigenvalue weighted by atomic mass is 10.2. The molecule has 6 aromatic rings. The highest BCUT2D eigenvalue weighted by atomic mass is 35.5. The smallest absolute Gasteiger partial charge is 0.410 e. The number of carbonyl (C=O) groups is 1. The van der Waals surface area contributed by atoms with Crippen molar-refractivity contribution in [3.63, 3.8) is 0 Å². The Morgan fingerprint density at radius 1 is 0.685 bits per heavy atom. The van der Waals surface area contributed by atoms with Crippen LogP contribution in [0.25, 0.3) is 21.8 Å². The predicted molar refractivity (Wildman–Crippen MR) is 211 cm³/mol. The average molecular weight is 797 g/mol. The lowest BCUT2D eigenvalue weighted by Crippen LogP contribution is -2.36. The molecule has 0 aliphatic carbocycles. The minimum Gasteiger partial charge on any atom is -0.490 e. The number of benzene rings is 4. The minimum atomic E-state index is -3.66. The second-order valence-electron chi connectivity index (χ2n) is 13.0. The van der Waals surface area contributed by atoms with E-state index in [0.717, 1.165) is 0 Å². The van der Waals surface area contributed by atoms with Crippen LogP contribution in [0.3, 0.4) is 0 Å². The number of sulfone groups is 2. The van der Waals surface area contributed by atoms with E-state index in [1.54, 1.807) is 98.0 Å². The lowest BCUT2D eigenvalue weighted by Gasteiger charge is -2.24. The maximum absolute atomic E-state index is 13.0. The van der Waals surface area contributed by atoms with Gasteiger partial charge in [0.15, 0.2) is 0 Å². The maximum atomic E-state index is 13.0. The summed E-state index contributed by atoms with van der Waals surface area (Å²) in [7, 11) is -3.73. The number of H-pyrrole nitrogens is 2. The minimum absolute atomic E-state index is 0. The molecule has 3 N–H and O–H groups in total. The van der Waals surface area contributed by atoms with Gasteiger partial charge in [-0.3, -0.25) is 0 Å². The van der Waals surface area contributed by atoms with Crippen LogP contribution in [-0.2, 0) is 24.4 Å². The number of hydrogen-bond donors (Lipinski definition) is 3. The standard InChI is InChI=1S/C22H26N2O5S.C17H18N2O3S.ClH/c1-22(2,3)29-21(25)24(4)13-14-28-18-12-8-11-17-19(15-23-20(17)18)30(26,27)16-9-6-5-7-10-16;1-18-10-11-22-15-9-5-8-14-16(12-19-17(14)15)23(20,21)13-6-3-2-4-7-13;/h5-12,15,23H,13-14H2,1-4H3;2-9,12,18-19H,10-11H2,1H3;1H. The number of nitrogens with one attached hydrogen (secondary N) is 3. The van der Waals surface area contributed by atoms with Crippen molar-refractivity contribution in [2.24, 2.45) is 0 Å². The number of ether oxygens (including phenoxy) is 3. The Balaban J connectivity index is 0.000000244. The average Bonchev–Trinajstić information content (AvgIpc) is 3.79. The quantitative estimate of drug-likeness (QED) is 0.108. The van der Waals surface area contributed by atoms with Crippen LogP contribution in [0.5, 0.6) is 11.5 Å². The van der Waals surface area contributed by atoms with Gasteiger partial charge in [-0.15, -0.1) is 12.4 Å². The molecule has 0 atom stereocenters. The fraction of sp³-hybridized carbons (Fsp3) is 0.256. The van der Waals surface area contributed by atoms with Crippen LogP contribution in [0, 0.1) is 0 Å². The SMILES string of the molecule is CN(CCOc1cccc2c(S(=O)(=O)c3ccccc3)c[nH]c12)C(=O)OC(C)(C)C.CNCCOc1cccc2c(S(=O)(=O)c3ccccc3)c[nH]c12.Cl. The molecule has 0 bridgehead atoms. The Morgan fingerprint density at radius 3 is 1.56 bits per heavy atom. The highest BCUT2D eigenvalue weighted by molar-refractivity contribution is 7.92. The first kappa shape index (κ1) is 41.7. The Bertz CT molecular complexity index is 2380. The van der Waals surface area contributed by atoms with E-state index >= 15 is 0 Å². The molecule has 288 valence electrons. The van der Waals surface area contributed by atoms with Gasteiger partial charge in [0, 0.05) is 36.8 Å². The Hall–Kier alpha value is -5.02. The van der Waals surface area contributed by atoms with Crippen molar-refractivity contribution in [3.05, 3.63) is 109 Å². The molecule has 0 aliphatic heterocycles. The molecule has 12 nitrogen and oxygen atoms in total. The van der Waals surface area contributed by atoms with Gasteiger partial charge in [-0.25, -0.2) is 21.6 Å². The van der Waals surface area contributed by atoms with E-state index in [9.17, 15) is 21.6 Å². The van der Waals surface area contributed by atoms with E-state index in [-0.39, 0.29) is 38.6 Å². The zero-order valence-electron chi connectivity index (χ0n) is 30.7. The van der Waals surface area contributed by atoms with Crippen LogP contribution in [0.15, 0.2) is 129 Å². The number of aromatic nitrogens is 2. The van der Waals surface area contributed by atoms with Gasteiger partial charge in [-0.05, 0) is 64.2 Å². The molecule has 4 aromatic carbocycles. The number of nitrogens with zero attached hydrogens (tertiary/aromatic N) is 1. The van der Waals surface area contributed by atoms with Gasteiger partial charge in [-0.2, -0.15) is 0 Å². The number of aromatic amines is 2. The molecule has 0 unspecified atom stereocenters. The molecule has 0 saturated heterocycles. The molecule has 2 heterocycles. The topological polar surface area (TPSA) is 160 Å². The molecule has 54 heavy (non-hydrogen) atoms. The zero-order chi connectivity index (χ0) is 38.2. The third-order valence-electron chi connectivity index (χ3n) is 7.96. The van der Waals surface area contributed by atoms with Crippen LogP contribution < -0.4 is 14.8 Å². The first-order chi connectivity index (χ1) is 25.2. The van der Waals surface area contributed by atoms with Gasteiger partial charge >= 0.3 is 6.09 Å². The van der Waals surface area contributed by atoms with Gasteiger partial charge in [0.1, 0.15) is 30.3 Å². The number of halogens is 1. The highest BCUT2D eigenvalue weighted by Gasteiger charge is 2.24. The molecule has 1 amide bonds. The van der Waals surface area contributed by atoms with E-state index in [0.29, 0.717) is 53.0 Å². The van der Waals surface area contributed by atoms with Crippen LogP contribution in [0.2, 0.25) is 0 Å². The molecular formula is C39H45ClN4O8S2. The normalized spacial score (nSPS) is 11.6. The summed E-state index contributed by atoms with van der Waals surface area (Å²) < 4.78 is 68.4. The van der Waals surface area contributed by atoms with E-state index in [1.807, 2.05) is 33.9 Å². The molecule has 0 spiro atoms. The first-order valence-corrected chi connectivity index (χ1v) is 19.9. The summed E-state index contributed by atoms with van der Waals surface area (Å²) in [6.45, 7) is 7.20. The summed E-state index contributed by atoms with van der Waals surface area (Å²) in [5, 5.41) is 4.19. The van der Waals surface area contributed by atoms with Crippen molar-refractivity contribution in [2.75, 3.05) is 40.4 Å². The van der Waals surface area contributed by atoms with Crippen LogP contribution in [-0.4, -0.2) is 83.8 Å². The second kappa shape index (κ2) is 17.9. The van der Waals surface area contributed by atoms with Crippen molar-refractivity contribution in [3.8, 4) is 11.5 Å². The number of rotatable bonds is 12.